The number of thioether (sulfide) groups is 1. The Morgan fingerprint density at radius 2 is 1.96 bits per heavy atom. The second kappa shape index (κ2) is 7.05. The van der Waals surface area contributed by atoms with Crippen LogP contribution in [0.2, 0.25) is 0 Å². The Labute approximate surface area is 149 Å². The molecule has 1 aromatic carbocycles. The van der Waals surface area contributed by atoms with Crippen LogP contribution in [0.15, 0.2) is 33.7 Å². The average molecular weight is 398 g/mol. The molecule has 0 bridgehead atoms. The SMILES string of the molecule is CN=C1SC(CC(=O)Nc2ccc(Br)cc2)C(=O)N1C(C)(C)C. The zero-order valence-corrected chi connectivity index (χ0v) is 16.0. The highest BCUT2D eigenvalue weighted by atomic mass is 79.9. The third-order valence-corrected chi connectivity index (χ3v) is 5.05. The smallest absolute Gasteiger partial charge is 0.243 e. The van der Waals surface area contributed by atoms with Crippen LogP contribution in [-0.4, -0.2) is 39.7 Å². The number of nitrogens with zero attached hydrogens (tertiary/aromatic N) is 2. The molecule has 1 aromatic rings. The lowest BCUT2D eigenvalue weighted by molar-refractivity contribution is -0.131. The van der Waals surface area contributed by atoms with E-state index >= 15 is 0 Å². The predicted octanol–water partition coefficient (Wildman–Crippen LogP) is 3.51. The minimum absolute atomic E-state index is 0.0611. The second-order valence-corrected chi connectivity index (χ2v) is 8.30. The van der Waals surface area contributed by atoms with Crippen molar-refractivity contribution in [2.45, 2.75) is 38.0 Å². The van der Waals surface area contributed by atoms with Gasteiger partial charge in [0, 0.05) is 29.2 Å². The summed E-state index contributed by atoms with van der Waals surface area (Å²) in [5, 5.41) is 3.06. The average Bonchev–Trinajstić information content (AvgIpc) is 2.77. The minimum Gasteiger partial charge on any atom is -0.326 e. The van der Waals surface area contributed by atoms with Gasteiger partial charge in [-0.25, -0.2) is 0 Å². The summed E-state index contributed by atoms with van der Waals surface area (Å²) < 4.78 is 0.946. The molecule has 2 rings (SSSR count). The topological polar surface area (TPSA) is 61.8 Å². The second-order valence-electron chi connectivity index (χ2n) is 6.22. The van der Waals surface area contributed by atoms with E-state index in [4.69, 9.17) is 0 Å². The monoisotopic (exact) mass is 397 g/mol. The van der Waals surface area contributed by atoms with Crippen LogP contribution < -0.4 is 5.32 Å². The molecular formula is C16H20BrN3O2S. The molecule has 0 radical (unpaired) electrons. The molecule has 7 heteroatoms. The van der Waals surface area contributed by atoms with Crippen molar-refractivity contribution < 1.29 is 9.59 Å². The number of rotatable bonds is 3. The number of anilines is 1. The van der Waals surface area contributed by atoms with Gasteiger partial charge in [0.05, 0.1) is 0 Å². The number of carbonyl (C=O) groups is 2. The lowest BCUT2D eigenvalue weighted by Gasteiger charge is -2.31. The molecule has 5 nitrogen and oxygen atoms in total. The molecule has 1 N–H and O–H groups in total. The van der Waals surface area contributed by atoms with Crippen LogP contribution in [0.25, 0.3) is 0 Å². The highest BCUT2D eigenvalue weighted by Crippen LogP contribution is 2.34. The van der Waals surface area contributed by atoms with Gasteiger partial charge in [0.15, 0.2) is 5.17 Å². The van der Waals surface area contributed by atoms with Gasteiger partial charge in [-0.3, -0.25) is 19.5 Å². The first-order chi connectivity index (χ1) is 10.7. The quantitative estimate of drug-likeness (QED) is 0.848. The lowest BCUT2D eigenvalue weighted by Crippen LogP contribution is -2.46. The van der Waals surface area contributed by atoms with E-state index in [1.165, 1.54) is 11.8 Å². The Kier molecular flexibility index (Phi) is 5.52. The van der Waals surface area contributed by atoms with E-state index < -0.39 is 5.25 Å². The third-order valence-electron chi connectivity index (χ3n) is 3.30. The number of nitrogens with one attached hydrogen (secondary N) is 1. The van der Waals surface area contributed by atoms with E-state index in [2.05, 4.69) is 26.2 Å². The molecule has 0 saturated carbocycles. The number of aliphatic imine (C=N–C) groups is 1. The largest absolute Gasteiger partial charge is 0.326 e. The molecule has 1 unspecified atom stereocenters. The van der Waals surface area contributed by atoms with Crippen molar-refractivity contribution >= 4 is 50.4 Å². The van der Waals surface area contributed by atoms with Crippen molar-refractivity contribution in [1.29, 1.82) is 0 Å². The first kappa shape index (κ1) is 18.0. The van der Waals surface area contributed by atoms with E-state index in [-0.39, 0.29) is 23.8 Å². The van der Waals surface area contributed by atoms with Gasteiger partial charge in [-0.15, -0.1) is 0 Å². The molecule has 2 amide bonds. The number of halogens is 1. The molecule has 1 aliphatic rings. The Hall–Kier alpha value is -1.34. The van der Waals surface area contributed by atoms with Gasteiger partial charge >= 0.3 is 0 Å². The number of hydrogen-bond acceptors (Lipinski definition) is 4. The van der Waals surface area contributed by atoms with Crippen molar-refractivity contribution in [3.05, 3.63) is 28.7 Å². The van der Waals surface area contributed by atoms with E-state index in [1.807, 2.05) is 45.0 Å². The van der Waals surface area contributed by atoms with Crippen LogP contribution in [-0.2, 0) is 9.59 Å². The van der Waals surface area contributed by atoms with Crippen LogP contribution in [0.3, 0.4) is 0 Å². The van der Waals surface area contributed by atoms with Gasteiger partial charge < -0.3 is 5.32 Å². The van der Waals surface area contributed by atoms with Gasteiger partial charge in [0.25, 0.3) is 0 Å². The highest BCUT2D eigenvalue weighted by molar-refractivity contribution is 9.10. The van der Waals surface area contributed by atoms with Crippen LogP contribution in [0, 0.1) is 0 Å². The van der Waals surface area contributed by atoms with Gasteiger partial charge in [-0.2, -0.15) is 0 Å². The van der Waals surface area contributed by atoms with E-state index in [1.54, 1.807) is 11.9 Å². The van der Waals surface area contributed by atoms with Crippen molar-refractivity contribution in [2.24, 2.45) is 4.99 Å². The molecule has 0 aromatic heterocycles. The van der Waals surface area contributed by atoms with Gasteiger partial charge in [-0.1, -0.05) is 27.7 Å². The molecule has 0 aliphatic carbocycles. The Bertz CT molecular complexity index is 638. The summed E-state index contributed by atoms with van der Waals surface area (Å²) in [7, 11) is 1.67. The summed E-state index contributed by atoms with van der Waals surface area (Å²) in [6.45, 7) is 5.88. The predicted molar refractivity (Wildman–Crippen MR) is 98.7 cm³/mol. The summed E-state index contributed by atoms with van der Waals surface area (Å²) in [5.41, 5.74) is 0.362. The normalized spacial score (nSPS) is 20.2. The highest BCUT2D eigenvalue weighted by Gasteiger charge is 2.43. The molecular weight excluding hydrogens is 378 g/mol. The summed E-state index contributed by atoms with van der Waals surface area (Å²) in [6, 6.07) is 7.33. The van der Waals surface area contributed by atoms with Gasteiger partial charge in [0.1, 0.15) is 5.25 Å². The Morgan fingerprint density at radius 3 is 2.43 bits per heavy atom. The Morgan fingerprint density at radius 1 is 1.35 bits per heavy atom. The number of amidine groups is 1. The van der Waals surface area contributed by atoms with Crippen molar-refractivity contribution in [2.75, 3.05) is 12.4 Å². The maximum absolute atomic E-state index is 12.6. The molecule has 1 fully saturated rings. The van der Waals surface area contributed by atoms with Crippen molar-refractivity contribution in [1.82, 2.24) is 4.90 Å². The van der Waals surface area contributed by atoms with Crippen LogP contribution in [0.5, 0.6) is 0 Å². The fraction of sp³-hybridized carbons (Fsp3) is 0.438. The molecule has 1 saturated heterocycles. The Balaban J connectivity index is 2.04. The summed E-state index contributed by atoms with van der Waals surface area (Å²) in [4.78, 5) is 30.7. The van der Waals surface area contributed by atoms with E-state index in [0.717, 1.165) is 4.47 Å². The molecule has 124 valence electrons. The third kappa shape index (κ3) is 4.35. The minimum atomic E-state index is -0.427. The zero-order valence-electron chi connectivity index (χ0n) is 13.6. The first-order valence-corrected chi connectivity index (χ1v) is 8.92. The molecule has 23 heavy (non-hydrogen) atoms. The van der Waals surface area contributed by atoms with Gasteiger partial charge in [0.2, 0.25) is 11.8 Å². The van der Waals surface area contributed by atoms with Crippen LogP contribution >= 0.6 is 27.7 Å². The zero-order chi connectivity index (χ0) is 17.2. The molecule has 1 atom stereocenters. The lowest BCUT2D eigenvalue weighted by atomic mass is 10.1. The maximum atomic E-state index is 12.6. The van der Waals surface area contributed by atoms with Crippen molar-refractivity contribution in [3.8, 4) is 0 Å². The number of hydrogen-bond donors (Lipinski definition) is 1. The van der Waals surface area contributed by atoms with Crippen LogP contribution in [0.1, 0.15) is 27.2 Å². The fourth-order valence-corrected chi connectivity index (χ4v) is 3.82. The summed E-state index contributed by atoms with van der Waals surface area (Å²) in [6.07, 6.45) is 0.130. The van der Waals surface area contributed by atoms with Crippen LogP contribution in [0.4, 0.5) is 5.69 Å². The van der Waals surface area contributed by atoms with Crippen molar-refractivity contribution in [3.63, 3.8) is 0 Å². The number of benzene rings is 1. The summed E-state index contributed by atoms with van der Waals surface area (Å²) in [5.74, 6) is -0.238. The number of carbonyl (C=O) groups excluding carboxylic acids is 2. The maximum Gasteiger partial charge on any atom is 0.243 e. The summed E-state index contributed by atoms with van der Waals surface area (Å²) >= 11 is 4.70. The van der Waals surface area contributed by atoms with Gasteiger partial charge in [-0.05, 0) is 45.0 Å². The fourth-order valence-electron chi connectivity index (χ4n) is 2.28. The first-order valence-electron chi connectivity index (χ1n) is 7.25. The molecule has 1 aliphatic heterocycles. The van der Waals surface area contributed by atoms with E-state index in [0.29, 0.717) is 10.9 Å². The van der Waals surface area contributed by atoms with E-state index in [9.17, 15) is 9.59 Å². The number of amides is 2. The molecule has 1 heterocycles. The standard InChI is InChI=1S/C16H20BrN3O2S/c1-16(2,3)20-14(22)12(23-15(20)18-4)9-13(21)19-11-7-5-10(17)6-8-11/h5-8,12H,9H2,1-4H3,(H,19,21). The molecule has 0 spiro atoms.